The van der Waals surface area contributed by atoms with Gasteiger partial charge in [-0.25, -0.2) is 9.97 Å². The molecule has 2 aliphatic rings. The summed E-state index contributed by atoms with van der Waals surface area (Å²) in [6.07, 6.45) is 5.41. The molecule has 0 unspecified atom stereocenters. The fraction of sp³-hybridized carbons (Fsp3) is 0.450. The van der Waals surface area contributed by atoms with Gasteiger partial charge in [-0.1, -0.05) is 11.6 Å². The summed E-state index contributed by atoms with van der Waals surface area (Å²) in [5, 5.41) is 0.643. The third kappa shape index (κ3) is 4.16. The van der Waals surface area contributed by atoms with E-state index in [-0.39, 0.29) is 5.91 Å². The molecule has 27 heavy (non-hydrogen) atoms. The van der Waals surface area contributed by atoms with Crippen molar-refractivity contribution >= 4 is 29.1 Å². The molecule has 4 rings (SSSR count). The van der Waals surface area contributed by atoms with E-state index in [1.165, 1.54) is 19.3 Å². The Labute approximate surface area is 164 Å². The smallest absolute Gasteiger partial charge is 0.253 e. The molecule has 0 atom stereocenters. The van der Waals surface area contributed by atoms with Crippen LogP contribution in [0.2, 0.25) is 5.02 Å². The molecule has 0 radical (unpaired) electrons. The van der Waals surface area contributed by atoms with E-state index in [1.807, 2.05) is 4.90 Å². The zero-order valence-corrected chi connectivity index (χ0v) is 16.1. The van der Waals surface area contributed by atoms with Gasteiger partial charge in [-0.05, 0) is 43.5 Å². The molecule has 0 spiro atoms. The van der Waals surface area contributed by atoms with Crippen molar-refractivity contribution < 1.29 is 4.79 Å². The molecular weight excluding hydrogens is 362 g/mol. The van der Waals surface area contributed by atoms with Gasteiger partial charge in [0.25, 0.3) is 5.91 Å². The van der Waals surface area contributed by atoms with Crippen molar-refractivity contribution in [3.05, 3.63) is 47.2 Å². The van der Waals surface area contributed by atoms with Crippen molar-refractivity contribution in [3.8, 4) is 0 Å². The number of anilines is 2. The summed E-state index contributed by atoms with van der Waals surface area (Å²) in [6, 6.07) is 9.17. The zero-order chi connectivity index (χ0) is 18.6. The predicted molar refractivity (Wildman–Crippen MR) is 108 cm³/mol. The van der Waals surface area contributed by atoms with Gasteiger partial charge in [0, 0.05) is 55.9 Å². The third-order valence-corrected chi connectivity index (χ3v) is 5.55. The lowest BCUT2D eigenvalue weighted by molar-refractivity contribution is 0.0746. The Morgan fingerprint density at radius 2 is 1.41 bits per heavy atom. The summed E-state index contributed by atoms with van der Waals surface area (Å²) < 4.78 is 0. The number of benzene rings is 1. The first-order valence-corrected chi connectivity index (χ1v) is 9.95. The highest BCUT2D eigenvalue weighted by Gasteiger charge is 2.23. The first-order chi connectivity index (χ1) is 13.2. The predicted octanol–water partition coefficient (Wildman–Crippen LogP) is 3.08. The van der Waals surface area contributed by atoms with Gasteiger partial charge >= 0.3 is 0 Å². The molecule has 2 aliphatic heterocycles. The van der Waals surface area contributed by atoms with Gasteiger partial charge in [0.05, 0.1) is 0 Å². The van der Waals surface area contributed by atoms with Gasteiger partial charge in [-0.15, -0.1) is 0 Å². The van der Waals surface area contributed by atoms with Crippen molar-refractivity contribution in [2.45, 2.75) is 19.3 Å². The van der Waals surface area contributed by atoms with E-state index in [2.05, 4.69) is 25.8 Å². The van der Waals surface area contributed by atoms with Gasteiger partial charge < -0.3 is 14.7 Å². The second-order valence-corrected chi connectivity index (χ2v) is 7.50. The quantitative estimate of drug-likeness (QED) is 0.812. The normalized spacial score (nSPS) is 17.9. The summed E-state index contributed by atoms with van der Waals surface area (Å²) in [4.78, 5) is 28.0. The van der Waals surface area contributed by atoms with Crippen molar-refractivity contribution in [1.29, 1.82) is 0 Å². The number of rotatable bonds is 3. The summed E-state index contributed by atoms with van der Waals surface area (Å²) in [6.45, 7) is 5.06. The van der Waals surface area contributed by atoms with Crippen LogP contribution >= 0.6 is 11.6 Å². The van der Waals surface area contributed by atoms with Crippen molar-refractivity contribution in [2.24, 2.45) is 0 Å². The summed E-state index contributed by atoms with van der Waals surface area (Å²) in [5.74, 6) is 2.02. The molecule has 0 N–H and O–H groups in total. The third-order valence-electron chi connectivity index (χ3n) is 5.30. The van der Waals surface area contributed by atoms with Crippen LogP contribution in [0, 0.1) is 0 Å². The fourth-order valence-corrected chi connectivity index (χ4v) is 3.85. The number of piperidine rings is 1. The second kappa shape index (κ2) is 8.13. The van der Waals surface area contributed by atoms with Gasteiger partial charge in [0.2, 0.25) is 0 Å². The fourth-order valence-electron chi connectivity index (χ4n) is 3.72. The lowest BCUT2D eigenvalue weighted by Crippen LogP contribution is -2.49. The molecule has 1 aromatic carbocycles. The largest absolute Gasteiger partial charge is 0.356 e. The SMILES string of the molecule is O=C(c1ccc(Cl)cc1)N1CCN(c2cc(N3CCCCC3)ncn2)CC1. The van der Waals surface area contributed by atoms with E-state index in [4.69, 9.17) is 11.6 Å². The number of aromatic nitrogens is 2. The Kier molecular flexibility index (Phi) is 5.43. The zero-order valence-electron chi connectivity index (χ0n) is 15.4. The van der Waals surface area contributed by atoms with E-state index in [0.29, 0.717) is 23.7 Å². The van der Waals surface area contributed by atoms with Gasteiger partial charge in [0.15, 0.2) is 0 Å². The maximum Gasteiger partial charge on any atom is 0.253 e. The van der Waals surface area contributed by atoms with Crippen LogP contribution < -0.4 is 9.80 Å². The number of halogens is 1. The Hall–Kier alpha value is -2.34. The van der Waals surface area contributed by atoms with Crippen LogP contribution in [-0.4, -0.2) is 60.0 Å². The van der Waals surface area contributed by atoms with Gasteiger partial charge in [-0.2, -0.15) is 0 Å². The minimum absolute atomic E-state index is 0.0583. The Balaban J connectivity index is 1.39. The Morgan fingerprint density at radius 3 is 2.04 bits per heavy atom. The minimum Gasteiger partial charge on any atom is -0.356 e. The average molecular weight is 386 g/mol. The lowest BCUT2D eigenvalue weighted by Gasteiger charge is -2.36. The molecule has 142 valence electrons. The van der Waals surface area contributed by atoms with E-state index < -0.39 is 0 Å². The monoisotopic (exact) mass is 385 g/mol. The molecule has 0 aliphatic carbocycles. The maximum atomic E-state index is 12.6. The van der Waals surface area contributed by atoms with Crippen LogP contribution in [-0.2, 0) is 0 Å². The molecular formula is C20H24ClN5O. The number of hydrogen-bond acceptors (Lipinski definition) is 5. The van der Waals surface area contributed by atoms with E-state index in [0.717, 1.165) is 37.8 Å². The van der Waals surface area contributed by atoms with Crippen LogP contribution in [0.3, 0.4) is 0 Å². The second-order valence-electron chi connectivity index (χ2n) is 7.07. The Morgan fingerprint density at radius 1 is 0.815 bits per heavy atom. The molecule has 6 nitrogen and oxygen atoms in total. The lowest BCUT2D eigenvalue weighted by atomic mass is 10.1. The van der Waals surface area contributed by atoms with Crippen molar-refractivity contribution in [1.82, 2.24) is 14.9 Å². The highest BCUT2D eigenvalue weighted by molar-refractivity contribution is 6.30. The van der Waals surface area contributed by atoms with Crippen LogP contribution in [0.25, 0.3) is 0 Å². The van der Waals surface area contributed by atoms with Crippen LogP contribution in [0.15, 0.2) is 36.7 Å². The number of amides is 1. The van der Waals surface area contributed by atoms with Gasteiger partial charge in [-0.3, -0.25) is 4.79 Å². The molecule has 2 saturated heterocycles. The molecule has 0 bridgehead atoms. The van der Waals surface area contributed by atoms with E-state index in [9.17, 15) is 4.79 Å². The highest BCUT2D eigenvalue weighted by Crippen LogP contribution is 2.22. The summed E-state index contributed by atoms with van der Waals surface area (Å²) >= 11 is 5.91. The van der Waals surface area contributed by atoms with Crippen LogP contribution in [0.1, 0.15) is 29.6 Å². The van der Waals surface area contributed by atoms with Crippen molar-refractivity contribution in [2.75, 3.05) is 49.1 Å². The summed E-state index contributed by atoms with van der Waals surface area (Å²) in [7, 11) is 0. The average Bonchev–Trinajstić information content (AvgIpc) is 2.75. The molecule has 1 amide bonds. The molecule has 2 aromatic rings. The number of carbonyl (C=O) groups is 1. The topological polar surface area (TPSA) is 52.6 Å². The van der Waals surface area contributed by atoms with Crippen molar-refractivity contribution in [3.63, 3.8) is 0 Å². The number of hydrogen-bond donors (Lipinski definition) is 0. The summed E-state index contributed by atoms with van der Waals surface area (Å²) in [5.41, 5.74) is 0.683. The minimum atomic E-state index is 0.0583. The highest BCUT2D eigenvalue weighted by atomic mass is 35.5. The Bertz CT molecular complexity index is 783. The number of carbonyl (C=O) groups excluding carboxylic acids is 1. The van der Waals surface area contributed by atoms with Crippen LogP contribution in [0.4, 0.5) is 11.6 Å². The standard InChI is InChI=1S/C20H24ClN5O/c21-17-6-4-16(5-7-17)20(27)26-12-10-25(11-13-26)19-14-18(22-15-23-19)24-8-2-1-3-9-24/h4-7,14-15H,1-3,8-13H2. The molecule has 0 saturated carbocycles. The molecule has 1 aromatic heterocycles. The van der Waals surface area contributed by atoms with E-state index in [1.54, 1.807) is 30.6 Å². The van der Waals surface area contributed by atoms with Gasteiger partial charge in [0.1, 0.15) is 18.0 Å². The van der Waals surface area contributed by atoms with Crippen LogP contribution in [0.5, 0.6) is 0 Å². The first kappa shape index (κ1) is 18.0. The molecule has 3 heterocycles. The molecule has 7 heteroatoms. The first-order valence-electron chi connectivity index (χ1n) is 9.57. The maximum absolute atomic E-state index is 12.6. The molecule has 2 fully saturated rings. The number of nitrogens with zero attached hydrogens (tertiary/aromatic N) is 5. The number of piperazine rings is 1. The van der Waals surface area contributed by atoms with E-state index >= 15 is 0 Å².